The molecule has 152 valence electrons. The number of nitrogens with zero attached hydrogens (tertiary/aromatic N) is 2. The molecule has 0 radical (unpaired) electrons. The summed E-state index contributed by atoms with van der Waals surface area (Å²) in [5, 5.41) is 8.77. The van der Waals surface area contributed by atoms with Gasteiger partial charge in [0, 0.05) is 18.0 Å². The van der Waals surface area contributed by atoms with Crippen LogP contribution in [0, 0.1) is 0 Å². The lowest BCUT2D eigenvalue weighted by molar-refractivity contribution is -0.136. The van der Waals surface area contributed by atoms with Gasteiger partial charge in [0.2, 0.25) is 5.91 Å². The summed E-state index contributed by atoms with van der Waals surface area (Å²) >= 11 is 0. The first-order valence-electron chi connectivity index (χ1n) is 8.50. The van der Waals surface area contributed by atoms with Crippen LogP contribution >= 0.6 is 0 Å². The third-order valence-corrected chi connectivity index (χ3v) is 3.56. The summed E-state index contributed by atoms with van der Waals surface area (Å²) < 4.78 is 10.2. The van der Waals surface area contributed by atoms with Crippen molar-refractivity contribution in [1.82, 2.24) is 10.4 Å². The molecule has 0 spiro atoms. The Morgan fingerprint density at radius 2 is 1.83 bits per heavy atom. The largest absolute Gasteiger partial charge is 0.497 e. The molecule has 1 heterocycles. The van der Waals surface area contributed by atoms with Gasteiger partial charge in [0.1, 0.15) is 17.3 Å². The minimum Gasteiger partial charge on any atom is -0.497 e. The second kappa shape index (κ2) is 10.4. The van der Waals surface area contributed by atoms with Crippen LogP contribution in [0.25, 0.3) is 0 Å². The second-order valence-corrected chi connectivity index (χ2v) is 5.75. The van der Waals surface area contributed by atoms with E-state index >= 15 is 0 Å². The number of aromatic nitrogens is 1. The zero-order valence-electron chi connectivity index (χ0n) is 16.2. The van der Waals surface area contributed by atoms with Crippen molar-refractivity contribution in [2.24, 2.45) is 5.10 Å². The molecule has 0 aliphatic rings. The Kier molecular flexibility index (Phi) is 7.66. The van der Waals surface area contributed by atoms with Crippen LogP contribution in [0.4, 0.5) is 11.5 Å². The molecule has 2 aromatic rings. The normalized spacial score (nSPS) is 10.7. The fourth-order valence-corrected chi connectivity index (χ4v) is 2.17. The van der Waals surface area contributed by atoms with Crippen molar-refractivity contribution in [2.75, 3.05) is 24.9 Å². The maximum atomic E-state index is 12.0. The maximum absolute atomic E-state index is 12.0. The second-order valence-electron chi connectivity index (χ2n) is 5.75. The number of hydrogen-bond donors (Lipinski definition) is 3. The number of hydrogen-bond acceptors (Lipinski definition) is 7. The van der Waals surface area contributed by atoms with Gasteiger partial charge in [-0.3, -0.25) is 14.4 Å². The first kappa shape index (κ1) is 21.4. The molecule has 10 nitrogen and oxygen atoms in total. The average molecular weight is 399 g/mol. The summed E-state index contributed by atoms with van der Waals surface area (Å²) in [4.78, 5) is 39.9. The van der Waals surface area contributed by atoms with Crippen LogP contribution in [0.1, 0.15) is 13.3 Å². The Morgan fingerprint density at radius 3 is 2.48 bits per heavy atom. The quantitative estimate of drug-likeness (QED) is 0.368. The van der Waals surface area contributed by atoms with E-state index in [2.05, 4.69) is 26.1 Å². The number of amides is 3. The van der Waals surface area contributed by atoms with Crippen LogP contribution in [0.5, 0.6) is 11.5 Å². The predicted octanol–water partition coefficient (Wildman–Crippen LogP) is 1.56. The third-order valence-electron chi connectivity index (χ3n) is 3.56. The van der Waals surface area contributed by atoms with Crippen molar-refractivity contribution in [3.05, 3.63) is 42.6 Å². The predicted molar refractivity (Wildman–Crippen MR) is 107 cm³/mol. The van der Waals surface area contributed by atoms with Crippen molar-refractivity contribution >= 4 is 34.9 Å². The van der Waals surface area contributed by atoms with Crippen LogP contribution in [-0.4, -0.2) is 42.6 Å². The molecule has 0 atom stereocenters. The fourth-order valence-electron chi connectivity index (χ4n) is 2.17. The molecule has 1 aromatic heterocycles. The average Bonchev–Trinajstić information content (AvgIpc) is 2.72. The van der Waals surface area contributed by atoms with Gasteiger partial charge in [0.05, 0.1) is 26.3 Å². The molecule has 3 N–H and O–H groups in total. The molecule has 0 aliphatic carbocycles. The molecule has 0 bridgehead atoms. The van der Waals surface area contributed by atoms with Gasteiger partial charge in [-0.05, 0) is 31.2 Å². The first-order chi connectivity index (χ1) is 13.9. The number of nitrogens with one attached hydrogen (secondary N) is 3. The molecule has 0 aliphatic heterocycles. The molecular weight excluding hydrogens is 378 g/mol. The van der Waals surface area contributed by atoms with E-state index in [1.807, 2.05) is 0 Å². The molecule has 3 amide bonds. The zero-order chi connectivity index (χ0) is 21.2. The van der Waals surface area contributed by atoms with E-state index in [-0.39, 0.29) is 12.3 Å². The monoisotopic (exact) mass is 399 g/mol. The lowest BCUT2D eigenvalue weighted by Gasteiger charge is -2.11. The molecule has 0 fully saturated rings. The summed E-state index contributed by atoms with van der Waals surface area (Å²) in [5.74, 6) is -1.02. The van der Waals surface area contributed by atoms with Gasteiger partial charge >= 0.3 is 11.8 Å². The fraction of sp³-hybridized carbons (Fsp3) is 0.211. The molecule has 10 heteroatoms. The van der Waals surface area contributed by atoms with Crippen molar-refractivity contribution in [1.29, 1.82) is 0 Å². The number of hydrazone groups is 1. The van der Waals surface area contributed by atoms with E-state index in [4.69, 9.17) is 9.47 Å². The molecule has 0 unspecified atom stereocenters. The van der Waals surface area contributed by atoms with Crippen molar-refractivity contribution in [2.45, 2.75) is 13.3 Å². The lowest BCUT2D eigenvalue weighted by Crippen LogP contribution is -2.33. The highest BCUT2D eigenvalue weighted by molar-refractivity contribution is 6.39. The summed E-state index contributed by atoms with van der Waals surface area (Å²) in [6.45, 7) is 1.54. The van der Waals surface area contributed by atoms with Gasteiger partial charge in [-0.15, -0.1) is 0 Å². The van der Waals surface area contributed by atoms with Crippen molar-refractivity contribution in [3.8, 4) is 11.5 Å². The number of methoxy groups -OCH3 is 2. The number of rotatable bonds is 7. The zero-order valence-corrected chi connectivity index (χ0v) is 16.2. The molecule has 29 heavy (non-hydrogen) atoms. The molecule has 1 aromatic carbocycles. The number of pyridine rings is 1. The number of anilines is 2. The number of benzene rings is 1. The van der Waals surface area contributed by atoms with Crippen LogP contribution in [-0.2, 0) is 14.4 Å². The van der Waals surface area contributed by atoms with E-state index in [0.717, 1.165) is 0 Å². The topological polar surface area (TPSA) is 131 Å². The minimum absolute atomic E-state index is 0.0786. The SMILES string of the molecule is COc1ccc(NC(=O)C(=O)NN=C(C)CC(=O)Nc2ccccn2)c(OC)c1. The van der Waals surface area contributed by atoms with Crippen molar-refractivity contribution in [3.63, 3.8) is 0 Å². The third kappa shape index (κ3) is 6.61. The number of carbonyl (C=O) groups is 3. The van der Waals surface area contributed by atoms with E-state index in [0.29, 0.717) is 28.7 Å². The Labute approximate surface area is 167 Å². The van der Waals surface area contributed by atoms with Gasteiger partial charge in [0.25, 0.3) is 0 Å². The molecule has 2 rings (SSSR count). The maximum Gasteiger partial charge on any atom is 0.329 e. The van der Waals surface area contributed by atoms with E-state index in [1.165, 1.54) is 14.2 Å². The number of ether oxygens (including phenoxy) is 2. The highest BCUT2D eigenvalue weighted by Gasteiger charge is 2.16. The van der Waals surface area contributed by atoms with Gasteiger partial charge in [-0.1, -0.05) is 6.07 Å². The first-order valence-corrected chi connectivity index (χ1v) is 8.50. The Bertz CT molecular complexity index is 914. The van der Waals surface area contributed by atoms with E-state index < -0.39 is 11.8 Å². The highest BCUT2D eigenvalue weighted by atomic mass is 16.5. The van der Waals surface area contributed by atoms with Gasteiger partial charge in [-0.2, -0.15) is 5.10 Å². The minimum atomic E-state index is -0.993. The van der Waals surface area contributed by atoms with Gasteiger partial charge in [0.15, 0.2) is 0 Å². The molecular formula is C19H21N5O5. The van der Waals surface area contributed by atoms with Gasteiger partial charge < -0.3 is 20.1 Å². The van der Waals surface area contributed by atoms with Crippen molar-refractivity contribution < 1.29 is 23.9 Å². The van der Waals surface area contributed by atoms with Crippen LogP contribution in [0.15, 0.2) is 47.7 Å². The summed E-state index contributed by atoms with van der Waals surface area (Å²) in [6, 6.07) is 9.82. The van der Waals surface area contributed by atoms with Crippen LogP contribution < -0.4 is 25.5 Å². The molecule has 0 saturated carbocycles. The smallest absolute Gasteiger partial charge is 0.329 e. The summed E-state index contributed by atoms with van der Waals surface area (Å²) in [7, 11) is 2.92. The Morgan fingerprint density at radius 1 is 1.03 bits per heavy atom. The lowest BCUT2D eigenvalue weighted by atomic mass is 10.2. The van der Waals surface area contributed by atoms with Gasteiger partial charge in [-0.25, -0.2) is 10.4 Å². The highest BCUT2D eigenvalue weighted by Crippen LogP contribution is 2.28. The Balaban J connectivity index is 1.88. The summed E-state index contributed by atoms with van der Waals surface area (Å²) in [6.07, 6.45) is 1.47. The Hall–Kier alpha value is -3.95. The van der Waals surface area contributed by atoms with Crippen LogP contribution in [0.3, 0.4) is 0 Å². The van der Waals surface area contributed by atoms with E-state index in [9.17, 15) is 14.4 Å². The number of carbonyl (C=O) groups excluding carboxylic acids is 3. The van der Waals surface area contributed by atoms with Crippen LogP contribution in [0.2, 0.25) is 0 Å². The standard InChI is InChI=1S/C19H21N5O5/c1-12(10-17(25)22-16-6-4-5-9-20-16)23-24-19(27)18(26)21-14-8-7-13(28-2)11-15(14)29-3/h4-9,11H,10H2,1-3H3,(H,21,26)(H,24,27)(H,20,22,25). The van der Waals surface area contributed by atoms with E-state index in [1.54, 1.807) is 49.5 Å². The molecule has 0 saturated heterocycles. The summed E-state index contributed by atoms with van der Waals surface area (Å²) in [5.41, 5.74) is 2.71.